The number of fused-ring (bicyclic) bond motifs is 8. The number of carbonyl (C=O) groups excluding carboxylic acids is 3. The van der Waals surface area contributed by atoms with Crippen LogP contribution in [0, 0.1) is 0 Å². The highest BCUT2D eigenvalue weighted by Crippen LogP contribution is 2.46. The van der Waals surface area contributed by atoms with Crippen molar-refractivity contribution in [1.82, 2.24) is 30.1 Å². The summed E-state index contributed by atoms with van der Waals surface area (Å²) in [5, 5.41) is 32.2. The summed E-state index contributed by atoms with van der Waals surface area (Å²) in [5.74, 6) is -0.390. The second-order valence-electron chi connectivity index (χ2n) is 21.5. The number of methoxy groups -OCH3 is 3. The van der Waals surface area contributed by atoms with Crippen molar-refractivity contribution >= 4 is 117 Å². The van der Waals surface area contributed by atoms with E-state index in [-0.39, 0.29) is 30.1 Å². The lowest BCUT2D eigenvalue weighted by molar-refractivity contribution is -0.140. The topological polar surface area (TPSA) is 283 Å². The first-order chi connectivity index (χ1) is 42.3. The second-order valence-corrected chi connectivity index (χ2v) is 24.3. The van der Waals surface area contributed by atoms with E-state index < -0.39 is 36.0 Å². The molecule has 22 heteroatoms. The molecule has 5 unspecified atom stereocenters. The summed E-state index contributed by atoms with van der Waals surface area (Å²) < 4.78 is 18.4. The number of H-pyrrole nitrogens is 3. The maximum atomic E-state index is 13.8. The molecule has 0 bridgehead atoms. The Kier molecular flexibility index (Phi) is 20.9. The third-order valence-corrected chi connectivity index (χ3v) is 17.4. The number of halogens is 3. The summed E-state index contributed by atoms with van der Waals surface area (Å²) >= 11 is 10.5. The maximum Gasteiger partial charge on any atom is 0.328 e. The molecule has 1 aliphatic carbocycles. The van der Waals surface area contributed by atoms with Crippen LogP contribution in [0.3, 0.4) is 0 Å². The minimum Gasteiger partial charge on any atom is -0.497 e. The van der Waals surface area contributed by atoms with E-state index in [1.165, 1.54) is 6.42 Å². The van der Waals surface area contributed by atoms with Gasteiger partial charge in [0.2, 0.25) is 0 Å². The number of aromatic amines is 3. The quantitative estimate of drug-likeness (QED) is 0.0442. The van der Waals surface area contributed by atoms with Crippen LogP contribution in [0.1, 0.15) is 101 Å². The van der Waals surface area contributed by atoms with Gasteiger partial charge in [-0.3, -0.25) is 39.1 Å². The number of hydrogen-bond acceptors (Lipinski definition) is 11. The highest BCUT2D eigenvalue weighted by atomic mass is 79.9. The monoisotopic (exact) mass is 1390 g/mol. The van der Waals surface area contributed by atoms with E-state index in [1.54, 1.807) is 56.7 Å². The van der Waals surface area contributed by atoms with Gasteiger partial charge in [0.25, 0.3) is 11.9 Å². The molecule has 9 N–H and O–H groups in total. The molecule has 6 heterocycles. The number of aliphatic carboxylic acids is 3. The van der Waals surface area contributed by atoms with Crippen molar-refractivity contribution in [2.75, 3.05) is 21.3 Å². The molecule has 458 valence electrons. The van der Waals surface area contributed by atoms with E-state index in [9.17, 15) is 29.1 Å². The number of nitrogens with two attached hydrogens (primary N) is 1. The third-order valence-electron chi connectivity index (χ3n) is 16.0. The molecule has 3 amide bonds. The van der Waals surface area contributed by atoms with Crippen LogP contribution >= 0.6 is 47.8 Å². The third kappa shape index (κ3) is 14.5. The highest BCUT2D eigenvalue weighted by molar-refractivity contribution is 9.11. The standard InChI is InChI=1S/C26H26BrN3O3.C19H17BrN2O3.C11H11BrN2O2.C8H8O2.C2H4O2/c1-33-18-10-7-15(8-11-18)24-23-20(19-13-16(27)9-12-21(19)28-23)14-22-25(31)29(26(32)30(22)24)17-5-3-2-4-6-17;1-25-12-5-2-10(3-6-12)17-18-14(9-16(22-17)19(23)24)13-8-11(20)4-7-15(13)21-18;12-7-1-2-10-8(4-7)6(5-14-10)3-9(13)11(15)16;1-10-8-4-2-7(6-9)3-5-8;1-2(3)4/h7-13,17,22,24,28H,2-6,14H2,1H3;2-8,16-17,21-22H,9H2,1H3,(H,23,24);1-2,4-5,9,14H,3,13H2,(H,15,16);2-6H,1H3;1H3,(H,3,4). The SMILES string of the molecule is CC(=O)O.COc1ccc(C2NC(C(=O)O)Cc3c2[nH]c2ccc(Br)cc32)cc1.COc1ccc(C2c3[nH]c4ccc(Br)cc4c3CC3C(=O)N(C4CCCCC4)C(=O)N32)cc1.COc1ccc(C=O)cc1.NC(Cc1c[nH]c2ccc(Br)cc12)C(=O)O. The zero-order chi connectivity index (χ0) is 62.9. The molecular formula is C66H66Br3N7O12. The first-order valence-electron chi connectivity index (χ1n) is 28.4. The van der Waals surface area contributed by atoms with Gasteiger partial charge in [-0.1, -0.05) is 91.3 Å². The summed E-state index contributed by atoms with van der Waals surface area (Å²) in [5.41, 5.74) is 16.3. The number of carbonyl (C=O) groups is 6. The van der Waals surface area contributed by atoms with Crippen LogP contribution in [0.15, 0.2) is 147 Å². The van der Waals surface area contributed by atoms with Crippen LogP contribution in [0.5, 0.6) is 17.2 Å². The summed E-state index contributed by atoms with van der Waals surface area (Å²) in [6.45, 7) is 1.08. The summed E-state index contributed by atoms with van der Waals surface area (Å²) in [6.07, 6.45) is 9.07. The number of rotatable bonds is 11. The fraction of sp³-hybridized carbons (Fsp3) is 0.273. The van der Waals surface area contributed by atoms with Crippen LogP contribution in [-0.2, 0) is 38.4 Å². The normalized spacial score (nSPS) is 17.9. The molecule has 0 spiro atoms. The van der Waals surface area contributed by atoms with Crippen molar-refractivity contribution in [3.05, 3.63) is 192 Å². The fourth-order valence-electron chi connectivity index (χ4n) is 11.7. The van der Waals surface area contributed by atoms with Gasteiger partial charge in [-0.25, -0.2) is 4.79 Å². The Morgan fingerprint density at radius 1 is 0.659 bits per heavy atom. The van der Waals surface area contributed by atoms with Crippen LogP contribution in [-0.4, -0.2) is 122 Å². The predicted molar refractivity (Wildman–Crippen MR) is 345 cm³/mol. The molecular weight excluding hydrogens is 1320 g/mol. The number of hydrogen-bond donors (Lipinski definition) is 8. The lowest BCUT2D eigenvalue weighted by atomic mass is 9.88. The Hall–Kier alpha value is -8.28. The van der Waals surface area contributed by atoms with Crippen LogP contribution in [0.2, 0.25) is 0 Å². The van der Waals surface area contributed by atoms with Gasteiger partial charge in [0.05, 0.1) is 27.4 Å². The van der Waals surface area contributed by atoms with Gasteiger partial charge in [0.15, 0.2) is 0 Å². The Labute approximate surface area is 532 Å². The van der Waals surface area contributed by atoms with E-state index >= 15 is 0 Å². The Morgan fingerprint density at radius 2 is 1.15 bits per heavy atom. The van der Waals surface area contributed by atoms with Gasteiger partial charge < -0.3 is 50.2 Å². The molecule has 0 radical (unpaired) electrons. The average molecular weight is 1390 g/mol. The number of aldehydes is 1. The van der Waals surface area contributed by atoms with Gasteiger partial charge in [0.1, 0.15) is 47.7 Å². The van der Waals surface area contributed by atoms with Gasteiger partial charge in [-0.15, -0.1) is 0 Å². The molecule has 9 aromatic rings. The molecule has 2 fully saturated rings. The first-order valence-corrected chi connectivity index (χ1v) is 30.7. The number of urea groups is 1. The van der Waals surface area contributed by atoms with Gasteiger partial charge in [-0.2, -0.15) is 0 Å². The molecule has 3 aliphatic heterocycles. The minimum absolute atomic E-state index is 0.0186. The summed E-state index contributed by atoms with van der Waals surface area (Å²) in [6, 6.07) is 37.8. The van der Waals surface area contributed by atoms with Gasteiger partial charge >= 0.3 is 18.0 Å². The zero-order valence-electron chi connectivity index (χ0n) is 48.5. The number of aromatic nitrogens is 3. The first kappa shape index (κ1) is 64.2. The molecule has 88 heavy (non-hydrogen) atoms. The molecule has 6 aromatic carbocycles. The minimum atomic E-state index is -0.982. The van der Waals surface area contributed by atoms with Crippen LogP contribution in [0.4, 0.5) is 4.79 Å². The molecule has 5 atom stereocenters. The average Bonchev–Trinajstić information content (AvgIpc) is 1.58. The maximum absolute atomic E-state index is 13.8. The molecule has 1 saturated heterocycles. The van der Waals surface area contributed by atoms with Crippen molar-refractivity contribution in [2.24, 2.45) is 5.73 Å². The Bertz CT molecular complexity index is 3990. The predicted octanol–water partition coefficient (Wildman–Crippen LogP) is 12.7. The van der Waals surface area contributed by atoms with Gasteiger partial charge in [0, 0.05) is 102 Å². The molecule has 13 rings (SSSR count). The highest BCUT2D eigenvalue weighted by Gasteiger charge is 2.54. The number of carboxylic acids is 3. The lowest BCUT2D eigenvalue weighted by Gasteiger charge is -2.36. The number of carboxylic acid groups (broad SMARTS) is 3. The number of amides is 3. The number of nitrogens with zero attached hydrogens (tertiary/aromatic N) is 2. The van der Waals surface area contributed by atoms with Crippen molar-refractivity contribution in [3.63, 3.8) is 0 Å². The van der Waals surface area contributed by atoms with Gasteiger partial charge in [-0.05, 0) is 144 Å². The summed E-state index contributed by atoms with van der Waals surface area (Å²) in [4.78, 5) is 82.6. The Morgan fingerprint density at radius 3 is 1.66 bits per heavy atom. The molecule has 1 saturated carbocycles. The number of benzene rings is 6. The van der Waals surface area contributed by atoms with E-state index in [4.69, 9.17) is 35.0 Å². The molecule has 3 aromatic heterocycles. The van der Waals surface area contributed by atoms with Crippen molar-refractivity contribution in [3.8, 4) is 17.2 Å². The molecule has 4 aliphatic rings. The summed E-state index contributed by atoms with van der Waals surface area (Å²) in [7, 11) is 4.86. The van der Waals surface area contributed by atoms with Crippen molar-refractivity contribution in [1.29, 1.82) is 0 Å². The Balaban J connectivity index is 0.000000147. The van der Waals surface area contributed by atoms with Crippen LogP contribution in [0.25, 0.3) is 32.7 Å². The number of nitrogens with one attached hydrogen (secondary N) is 4. The van der Waals surface area contributed by atoms with Crippen molar-refractivity contribution < 1.29 is 58.3 Å². The van der Waals surface area contributed by atoms with Crippen LogP contribution < -0.4 is 25.3 Å². The van der Waals surface area contributed by atoms with E-state index in [0.717, 1.165) is 141 Å². The number of imide groups is 1. The second kappa shape index (κ2) is 28.7. The number of ether oxygens (including phenoxy) is 3. The zero-order valence-corrected chi connectivity index (χ0v) is 53.3. The molecule has 19 nitrogen and oxygen atoms in total. The van der Waals surface area contributed by atoms with E-state index in [1.807, 2.05) is 102 Å². The fourth-order valence-corrected chi connectivity index (χ4v) is 12.8. The van der Waals surface area contributed by atoms with E-state index in [0.29, 0.717) is 24.8 Å². The largest absolute Gasteiger partial charge is 0.497 e. The smallest absolute Gasteiger partial charge is 0.328 e. The van der Waals surface area contributed by atoms with Crippen molar-refractivity contribution in [2.45, 2.75) is 94.5 Å². The lowest BCUT2D eigenvalue weighted by Crippen LogP contribution is -2.44. The van der Waals surface area contributed by atoms with E-state index in [2.05, 4.69) is 74.1 Å².